The Kier molecular flexibility index (Phi) is 3.33. The largest absolute Gasteiger partial charge is 0.303 e. The number of halogens is 2. The lowest BCUT2D eigenvalue weighted by Gasteiger charge is -2.14. The predicted molar refractivity (Wildman–Crippen MR) is 50.4 cm³/mol. The lowest BCUT2D eigenvalue weighted by Crippen LogP contribution is -2.11. The maximum atomic E-state index is 13.1. The van der Waals surface area contributed by atoms with Gasteiger partial charge >= 0.3 is 0 Å². The van der Waals surface area contributed by atoms with E-state index in [0.29, 0.717) is 0 Å². The first kappa shape index (κ1) is 10.8. The number of carbonyl (C=O) groups excluding carboxylic acids is 1. The normalized spacial score (nSPS) is 11.4. The molecular formula is C11H12F2O. The highest BCUT2D eigenvalue weighted by Gasteiger charge is 2.28. The lowest BCUT2D eigenvalue weighted by molar-refractivity contribution is -0.107. The molecule has 0 fully saturated rings. The molecule has 0 unspecified atom stereocenters. The quantitative estimate of drug-likeness (QED) is 0.680. The van der Waals surface area contributed by atoms with Crippen LogP contribution in [0.25, 0.3) is 0 Å². The molecule has 0 spiro atoms. The van der Waals surface area contributed by atoms with E-state index < -0.39 is 5.92 Å². The van der Waals surface area contributed by atoms with Gasteiger partial charge in [0.05, 0.1) is 0 Å². The van der Waals surface area contributed by atoms with Crippen LogP contribution < -0.4 is 0 Å². The summed E-state index contributed by atoms with van der Waals surface area (Å²) in [5.41, 5.74) is 0.769. The standard InChI is InChI=1S/C11H12F2O/c1-2-11(12,13)10-5-3-9(4-6-10)7-8-14/h3-6,8H,2,7H2,1H3. The minimum absolute atomic E-state index is 0.00893. The van der Waals surface area contributed by atoms with E-state index in [9.17, 15) is 13.6 Å². The van der Waals surface area contributed by atoms with Crippen molar-refractivity contribution in [3.8, 4) is 0 Å². The highest BCUT2D eigenvalue weighted by molar-refractivity contribution is 5.54. The van der Waals surface area contributed by atoms with Gasteiger partial charge in [-0.05, 0) is 5.56 Å². The van der Waals surface area contributed by atoms with Gasteiger partial charge in [-0.25, -0.2) is 8.78 Å². The van der Waals surface area contributed by atoms with Crippen molar-refractivity contribution in [1.29, 1.82) is 0 Å². The molecule has 76 valence electrons. The van der Waals surface area contributed by atoms with Crippen LogP contribution >= 0.6 is 0 Å². The maximum absolute atomic E-state index is 13.1. The van der Waals surface area contributed by atoms with Crippen molar-refractivity contribution in [2.45, 2.75) is 25.7 Å². The highest BCUT2D eigenvalue weighted by Crippen LogP contribution is 2.31. The zero-order chi connectivity index (χ0) is 10.6. The number of hydrogen-bond acceptors (Lipinski definition) is 1. The molecule has 0 bridgehead atoms. The summed E-state index contributed by atoms with van der Waals surface area (Å²) < 4.78 is 26.3. The van der Waals surface area contributed by atoms with E-state index in [1.165, 1.54) is 19.1 Å². The molecule has 0 N–H and O–H groups in total. The zero-order valence-corrected chi connectivity index (χ0v) is 7.97. The van der Waals surface area contributed by atoms with Gasteiger partial charge in [0.2, 0.25) is 0 Å². The van der Waals surface area contributed by atoms with Gasteiger partial charge in [-0.2, -0.15) is 0 Å². The van der Waals surface area contributed by atoms with Gasteiger partial charge in [0.25, 0.3) is 5.92 Å². The molecule has 0 heterocycles. The molecule has 3 heteroatoms. The zero-order valence-electron chi connectivity index (χ0n) is 7.97. The van der Waals surface area contributed by atoms with Crippen molar-refractivity contribution < 1.29 is 13.6 Å². The van der Waals surface area contributed by atoms with Gasteiger partial charge in [-0.3, -0.25) is 0 Å². The summed E-state index contributed by atoms with van der Waals surface area (Å²) >= 11 is 0. The molecule has 0 radical (unpaired) electrons. The van der Waals surface area contributed by atoms with Crippen molar-refractivity contribution in [3.05, 3.63) is 35.4 Å². The van der Waals surface area contributed by atoms with Crippen molar-refractivity contribution >= 4 is 6.29 Å². The van der Waals surface area contributed by atoms with Crippen LogP contribution in [0.5, 0.6) is 0 Å². The third-order valence-corrected chi connectivity index (χ3v) is 2.14. The maximum Gasteiger partial charge on any atom is 0.273 e. The Morgan fingerprint density at radius 1 is 1.29 bits per heavy atom. The van der Waals surface area contributed by atoms with E-state index in [2.05, 4.69) is 0 Å². The van der Waals surface area contributed by atoms with Crippen molar-refractivity contribution in [2.75, 3.05) is 0 Å². The molecular weight excluding hydrogens is 186 g/mol. The molecule has 0 aliphatic rings. The Morgan fingerprint density at radius 3 is 2.29 bits per heavy atom. The Balaban J connectivity index is 2.87. The van der Waals surface area contributed by atoms with Gasteiger partial charge in [0, 0.05) is 18.4 Å². The third kappa shape index (κ3) is 2.37. The fourth-order valence-electron chi connectivity index (χ4n) is 1.19. The molecule has 1 nitrogen and oxygen atoms in total. The smallest absolute Gasteiger partial charge is 0.273 e. The van der Waals surface area contributed by atoms with E-state index >= 15 is 0 Å². The van der Waals surface area contributed by atoms with Crippen LogP contribution in [0.1, 0.15) is 24.5 Å². The first-order valence-corrected chi connectivity index (χ1v) is 4.51. The molecule has 0 aromatic heterocycles. The number of carbonyl (C=O) groups is 1. The number of aldehydes is 1. The van der Waals surface area contributed by atoms with Crippen LogP contribution in [-0.2, 0) is 17.1 Å². The van der Waals surface area contributed by atoms with Crippen LogP contribution in [0.2, 0.25) is 0 Å². The fraction of sp³-hybridized carbons (Fsp3) is 0.364. The van der Waals surface area contributed by atoms with Crippen LogP contribution in [0.4, 0.5) is 8.78 Å². The second kappa shape index (κ2) is 4.31. The van der Waals surface area contributed by atoms with Crippen LogP contribution in [0, 0.1) is 0 Å². The van der Waals surface area contributed by atoms with E-state index in [1.54, 1.807) is 12.1 Å². The molecule has 1 rings (SSSR count). The SMILES string of the molecule is CCC(F)(F)c1ccc(CC=O)cc1. The van der Waals surface area contributed by atoms with Crippen LogP contribution in [-0.4, -0.2) is 6.29 Å². The summed E-state index contributed by atoms with van der Waals surface area (Å²) in [6.07, 6.45) is 0.824. The Labute approximate surface area is 81.7 Å². The minimum Gasteiger partial charge on any atom is -0.303 e. The number of hydrogen-bond donors (Lipinski definition) is 0. The summed E-state index contributed by atoms with van der Waals surface area (Å²) in [5, 5.41) is 0. The first-order chi connectivity index (χ1) is 6.60. The molecule has 0 saturated carbocycles. The second-order valence-electron chi connectivity index (χ2n) is 3.13. The van der Waals surface area contributed by atoms with Crippen molar-refractivity contribution in [3.63, 3.8) is 0 Å². The number of alkyl halides is 2. The van der Waals surface area contributed by atoms with E-state index in [4.69, 9.17) is 0 Å². The molecule has 1 aromatic rings. The summed E-state index contributed by atoms with van der Waals surface area (Å²) in [5.74, 6) is -2.76. The molecule has 14 heavy (non-hydrogen) atoms. The van der Waals surface area contributed by atoms with Crippen LogP contribution in [0.15, 0.2) is 24.3 Å². The summed E-state index contributed by atoms with van der Waals surface area (Å²) in [6.45, 7) is 1.44. The van der Waals surface area contributed by atoms with E-state index in [-0.39, 0.29) is 18.4 Å². The van der Waals surface area contributed by atoms with Crippen molar-refractivity contribution in [2.24, 2.45) is 0 Å². The van der Waals surface area contributed by atoms with E-state index in [0.717, 1.165) is 11.8 Å². The van der Waals surface area contributed by atoms with Crippen LogP contribution in [0.3, 0.4) is 0 Å². The summed E-state index contributed by atoms with van der Waals surface area (Å²) in [4.78, 5) is 10.2. The molecule has 0 aliphatic carbocycles. The summed E-state index contributed by atoms with van der Waals surface area (Å²) in [6, 6.07) is 5.88. The Hall–Kier alpha value is -1.25. The molecule has 0 atom stereocenters. The highest BCUT2D eigenvalue weighted by atomic mass is 19.3. The number of benzene rings is 1. The van der Waals surface area contributed by atoms with Gasteiger partial charge < -0.3 is 4.79 Å². The Morgan fingerprint density at radius 2 is 1.86 bits per heavy atom. The molecule has 0 saturated heterocycles. The average molecular weight is 198 g/mol. The lowest BCUT2D eigenvalue weighted by atomic mass is 10.0. The summed E-state index contributed by atoms with van der Waals surface area (Å²) in [7, 11) is 0. The van der Waals surface area contributed by atoms with Crippen molar-refractivity contribution in [1.82, 2.24) is 0 Å². The second-order valence-corrected chi connectivity index (χ2v) is 3.13. The van der Waals surface area contributed by atoms with Gasteiger partial charge in [0.1, 0.15) is 6.29 Å². The number of rotatable bonds is 4. The van der Waals surface area contributed by atoms with E-state index in [1.807, 2.05) is 0 Å². The average Bonchev–Trinajstić information content (AvgIpc) is 2.19. The first-order valence-electron chi connectivity index (χ1n) is 4.51. The molecule has 1 aromatic carbocycles. The van der Waals surface area contributed by atoms with Gasteiger partial charge in [0.15, 0.2) is 0 Å². The van der Waals surface area contributed by atoms with Gasteiger partial charge in [-0.1, -0.05) is 31.2 Å². The minimum atomic E-state index is -2.76. The third-order valence-electron chi connectivity index (χ3n) is 2.14. The fourth-order valence-corrected chi connectivity index (χ4v) is 1.19. The molecule has 0 amide bonds. The molecule has 0 aliphatic heterocycles. The Bertz CT molecular complexity index is 304. The monoisotopic (exact) mass is 198 g/mol. The topological polar surface area (TPSA) is 17.1 Å². The predicted octanol–water partition coefficient (Wildman–Crippen LogP) is 2.93. The van der Waals surface area contributed by atoms with Gasteiger partial charge in [-0.15, -0.1) is 0 Å².